The lowest BCUT2D eigenvalue weighted by Gasteiger charge is -2.07. The van der Waals surface area contributed by atoms with E-state index in [1.807, 2.05) is 0 Å². The molecular weight excluding hydrogens is 296 g/mol. The fraction of sp³-hybridized carbons (Fsp3) is 0.111. The van der Waals surface area contributed by atoms with E-state index in [2.05, 4.69) is 0 Å². The molecule has 0 radical (unpaired) electrons. The van der Waals surface area contributed by atoms with Gasteiger partial charge in [0, 0.05) is 5.56 Å². The first-order chi connectivity index (χ1) is 11.0. The molecule has 5 heteroatoms. The van der Waals surface area contributed by atoms with Gasteiger partial charge in [0.2, 0.25) is 0 Å². The van der Waals surface area contributed by atoms with E-state index in [0.717, 1.165) is 5.56 Å². The van der Waals surface area contributed by atoms with E-state index in [4.69, 9.17) is 14.6 Å². The fourth-order valence-corrected chi connectivity index (χ4v) is 2.03. The molecule has 2 rings (SSSR count). The highest BCUT2D eigenvalue weighted by molar-refractivity contribution is 6.07. The van der Waals surface area contributed by atoms with Crippen LogP contribution in [0.1, 0.15) is 26.3 Å². The summed E-state index contributed by atoms with van der Waals surface area (Å²) >= 11 is 0. The molecule has 0 saturated carbocycles. The number of rotatable bonds is 6. The Balaban J connectivity index is 2.21. The van der Waals surface area contributed by atoms with E-state index in [1.54, 1.807) is 43.5 Å². The number of carbonyl (C=O) groups excluding carboxylic acids is 1. The molecule has 2 aromatic carbocycles. The van der Waals surface area contributed by atoms with Gasteiger partial charge in [0.1, 0.15) is 0 Å². The number of carboxylic acid groups (broad SMARTS) is 1. The molecule has 2 aromatic rings. The normalized spacial score (nSPS) is 10.5. The highest BCUT2D eigenvalue weighted by Gasteiger charge is 2.07. The molecule has 0 aliphatic heterocycles. The van der Waals surface area contributed by atoms with Crippen LogP contribution in [0.3, 0.4) is 0 Å². The Morgan fingerprint density at radius 1 is 0.957 bits per heavy atom. The number of carboxylic acids is 1. The summed E-state index contributed by atoms with van der Waals surface area (Å²) in [7, 11) is 3.08. The van der Waals surface area contributed by atoms with Gasteiger partial charge in [0.05, 0.1) is 19.8 Å². The maximum absolute atomic E-state index is 12.1. The summed E-state index contributed by atoms with van der Waals surface area (Å²) in [6, 6.07) is 11.2. The first-order valence-corrected chi connectivity index (χ1v) is 6.83. The summed E-state index contributed by atoms with van der Waals surface area (Å²) in [6.07, 6.45) is 3.03. The van der Waals surface area contributed by atoms with Gasteiger partial charge in [-0.2, -0.15) is 0 Å². The highest BCUT2D eigenvalue weighted by atomic mass is 16.5. The number of hydrogen-bond donors (Lipinski definition) is 1. The number of methoxy groups -OCH3 is 2. The minimum Gasteiger partial charge on any atom is -0.493 e. The Kier molecular flexibility index (Phi) is 5.15. The molecule has 0 fully saturated rings. The maximum atomic E-state index is 12.1. The van der Waals surface area contributed by atoms with Gasteiger partial charge < -0.3 is 14.6 Å². The summed E-state index contributed by atoms with van der Waals surface area (Å²) in [6.45, 7) is 0. The summed E-state index contributed by atoms with van der Waals surface area (Å²) in [5, 5.41) is 8.95. The molecule has 0 heterocycles. The van der Waals surface area contributed by atoms with Crippen molar-refractivity contribution in [3.63, 3.8) is 0 Å². The SMILES string of the molecule is COc1ccc(/C=C/C(=O)c2cccc(C(=O)O)c2)cc1OC. The zero-order valence-corrected chi connectivity index (χ0v) is 12.8. The first-order valence-electron chi connectivity index (χ1n) is 6.83. The lowest BCUT2D eigenvalue weighted by molar-refractivity contribution is 0.0697. The minimum absolute atomic E-state index is 0.0790. The molecule has 0 amide bonds. The Bertz CT molecular complexity index is 762. The van der Waals surface area contributed by atoms with Crippen molar-refractivity contribution in [1.82, 2.24) is 0 Å². The first kappa shape index (κ1) is 16.3. The second-order valence-electron chi connectivity index (χ2n) is 4.70. The zero-order valence-electron chi connectivity index (χ0n) is 12.8. The monoisotopic (exact) mass is 312 g/mol. The summed E-state index contributed by atoms with van der Waals surface area (Å²) in [4.78, 5) is 23.1. The molecule has 0 aliphatic carbocycles. The van der Waals surface area contributed by atoms with Crippen LogP contribution in [-0.2, 0) is 0 Å². The lowest BCUT2D eigenvalue weighted by atomic mass is 10.1. The molecule has 0 aliphatic rings. The average molecular weight is 312 g/mol. The Morgan fingerprint density at radius 3 is 2.30 bits per heavy atom. The van der Waals surface area contributed by atoms with Crippen molar-refractivity contribution < 1.29 is 24.2 Å². The van der Waals surface area contributed by atoms with Crippen molar-refractivity contribution in [2.75, 3.05) is 14.2 Å². The molecular formula is C18H16O5. The van der Waals surface area contributed by atoms with Gasteiger partial charge in [-0.25, -0.2) is 4.79 Å². The summed E-state index contributed by atoms with van der Waals surface area (Å²) < 4.78 is 10.4. The van der Waals surface area contributed by atoms with Crippen molar-refractivity contribution in [3.05, 3.63) is 65.2 Å². The number of ether oxygens (including phenoxy) is 2. The van der Waals surface area contributed by atoms with Gasteiger partial charge in [-0.1, -0.05) is 24.3 Å². The van der Waals surface area contributed by atoms with Crippen LogP contribution < -0.4 is 9.47 Å². The fourth-order valence-electron chi connectivity index (χ4n) is 2.03. The molecule has 0 unspecified atom stereocenters. The van der Waals surface area contributed by atoms with Crippen LogP contribution in [0.25, 0.3) is 6.08 Å². The van der Waals surface area contributed by atoms with E-state index in [1.165, 1.54) is 25.3 Å². The van der Waals surface area contributed by atoms with Gasteiger partial charge in [-0.3, -0.25) is 4.79 Å². The Morgan fingerprint density at radius 2 is 1.65 bits per heavy atom. The predicted molar refractivity (Wildman–Crippen MR) is 86.3 cm³/mol. The number of hydrogen-bond acceptors (Lipinski definition) is 4. The molecule has 0 bridgehead atoms. The molecule has 0 atom stereocenters. The standard InChI is InChI=1S/C18H16O5/c1-22-16-9-7-12(10-17(16)23-2)6-8-15(19)13-4-3-5-14(11-13)18(20)21/h3-11H,1-2H3,(H,20,21)/b8-6+. The van der Waals surface area contributed by atoms with E-state index >= 15 is 0 Å². The van der Waals surface area contributed by atoms with Crippen molar-refractivity contribution in [2.24, 2.45) is 0 Å². The van der Waals surface area contributed by atoms with E-state index in [-0.39, 0.29) is 11.3 Å². The quantitative estimate of drug-likeness (QED) is 0.654. The largest absolute Gasteiger partial charge is 0.493 e. The van der Waals surface area contributed by atoms with Crippen LogP contribution in [0.2, 0.25) is 0 Å². The lowest BCUT2D eigenvalue weighted by Crippen LogP contribution is -2.00. The molecule has 0 spiro atoms. The molecule has 0 aromatic heterocycles. The van der Waals surface area contributed by atoms with Gasteiger partial charge in [0.15, 0.2) is 17.3 Å². The third-order valence-electron chi connectivity index (χ3n) is 3.23. The summed E-state index contributed by atoms with van der Waals surface area (Å²) in [5.74, 6) is -0.175. The highest BCUT2D eigenvalue weighted by Crippen LogP contribution is 2.28. The maximum Gasteiger partial charge on any atom is 0.335 e. The Labute approximate surface area is 133 Å². The van der Waals surface area contributed by atoms with E-state index < -0.39 is 5.97 Å². The summed E-state index contributed by atoms with van der Waals surface area (Å²) in [5.41, 5.74) is 1.17. The molecule has 118 valence electrons. The number of aromatic carboxylic acids is 1. The number of ketones is 1. The second kappa shape index (κ2) is 7.26. The third-order valence-corrected chi connectivity index (χ3v) is 3.23. The topological polar surface area (TPSA) is 72.8 Å². The molecule has 0 saturated heterocycles. The molecule has 1 N–H and O–H groups in total. The number of benzene rings is 2. The van der Waals surface area contributed by atoms with Crippen LogP contribution in [-0.4, -0.2) is 31.1 Å². The smallest absolute Gasteiger partial charge is 0.335 e. The molecule has 23 heavy (non-hydrogen) atoms. The van der Waals surface area contributed by atoms with Gasteiger partial charge in [0.25, 0.3) is 0 Å². The third kappa shape index (κ3) is 3.97. The van der Waals surface area contributed by atoms with Crippen LogP contribution in [0.15, 0.2) is 48.5 Å². The second-order valence-corrected chi connectivity index (χ2v) is 4.70. The molecule has 5 nitrogen and oxygen atoms in total. The van der Waals surface area contributed by atoms with Gasteiger partial charge in [-0.15, -0.1) is 0 Å². The Hall–Kier alpha value is -3.08. The van der Waals surface area contributed by atoms with Crippen LogP contribution in [0.5, 0.6) is 11.5 Å². The van der Waals surface area contributed by atoms with Gasteiger partial charge in [-0.05, 0) is 35.9 Å². The van der Waals surface area contributed by atoms with E-state index in [0.29, 0.717) is 17.1 Å². The average Bonchev–Trinajstić information content (AvgIpc) is 2.59. The van der Waals surface area contributed by atoms with Crippen LogP contribution in [0, 0.1) is 0 Å². The van der Waals surface area contributed by atoms with Crippen molar-refractivity contribution >= 4 is 17.8 Å². The van der Waals surface area contributed by atoms with Crippen molar-refractivity contribution in [2.45, 2.75) is 0 Å². The number of carbonyl (C=O) groups is 2. The number of allylic oxidation sites excluding steroid dienone is 1. The zero-order chi connectivity index (χ0) is 16.8. The van der Waals surface area contributed by atoms with Crippen LogP contribution in [0.4, 0.5) is 0 Å². The van der Waals surface area contributed by atoms with Crippen LogP contribution >= 0.6 is 0 Å². The predicted octanol–water partition coefficient (Wildman–Crippen LogP) is 3.30. The minimum atomic E-state index is -1.07. The van der Waals surface area contributed by atoms with Crippen molar-refractivity contribution in [1.29, 1.82) is 0 Å². The van der Waals surface area contributed by atoms with Crippen molar-refractivity contribution in [3.8, 4) is 11.5 Å². The van der Waals surface area contributed by atoms with Gasteiger partial charge >= 0.3 is 5.97 Å². The van der Waals surface area contributed by atoms with E-state index in [9.17, 15) is 9.59 Å².